The van der Waals surface area contributed by atoms with E-state index in [-0.39, 0.29) is 6.61 Å². The number of aromatic nitrogens is 2. The van der Waals surface area contributed by atoms with Crippen molar-refractivity contribution in [3.05, 3.63) is 40.0 Å². The third-order valence-electron chi connectivity index (χ3n) is 2.24. The van der Waals surface area contributed by atoms with E-state index in [1.165, 1.54) is 0 Å². The molecule has 0 aliphatic carbocycles. The Kier molecular flexibility index (Phi) is 3.95. The van der Waals surface area contributed by atoms with Crippen molar-refractivity contribution in [2.24, 2.45) is 0 Å². The van der Waals surface area contributed by atoms with E-state index in [0.717, 1.165) is 4.47 Å². The molecule has 0 spiro atoms. The first-order valence-electron chi connectivity index (χ1n) is 5.37. The molecule has 18 heavy (non-hydrogen) atoms. The highest BCUT2D eigenvalue weighted by Gasteiger charge is 2.08. The van der Waals surface area contributed by atoms with Crippen LogP contribution in [0.3, 0.4) is 0 Å². The second-order valence-corrected chi connectivity index (χ2v) is 4.41. The minimum absolute atomic E-state index is 0.156. The predicted molar refractivity (Wildman–Crippen MR) is 66.9 cm³/mol. The Morgan fingerprint density at radius 1 is 1.50 bits per heavy atom. The van der Waals surface area contributed by atoms with Crippen molar-refractivity contribution in [2.45, 2.75) is 20.0 Å². The van der Waals surface area contributed by atoms with Crippen molar-refractivity contribution in [3.8, 4) is 11.8 Å². The summed E-state index contributed by atoms with van der Waals surface area (Å²) < 4.78 is 11.3. The Hall–Kier alpha value is -1.87. The van der Waals surface area contributed by atoms with Crippen LogP contribution in [0.25, 0.3) is 0 Å². The van der Waals surface area contributed by atoms with Gasteiger partial charge in [0.2, 0.25) is 0 Å². The van der Waals surface area contributed by atoms with Crippen LogP contribution in [-0.2, 0) is 13.0 Å². The predicted octanol–water partition coefficient (Wildman–Crippen LogP) is 2.85. The van der Waals surface area contributed by atoms with Gasteiger partial charge in [0.15, 0.2) is 12.4 Å². The maximum absolute atomic E-state index is 8.98. The number of hydrogen-bond donors (Lipinski definition) is 0. The molecule has 1 aromatic heterocycles. The molecule has 0 aliphatic rings. The number of ether oxygens (including phenoxy) is 1. The number of aryl methyl sites for hydroxylation is 1. The average Bonchev–Trinajstić information content (AvgIpc) is 2.85. The quantitative estimate of drug-likeness (QED) is 0.868. The van der Waals surface area contributed by atoms with Crippen LogP contribution in [-0.4, -0.2) is 10.1 Å². The second-order valence-electron chi connectivity index (χ2n) is 3.50. The largest absolute Gasteiger partial charge is 0.482 e. The maximum Gasteiger partial charge on any atom is 0.264 e. The van der Waals surface area contributed by atoms with Crippen molar-refractivity contribution in [2.75, 3.05) is 0 Å². The Labute approximate surface area is 113 Å². The number of benzene rings is 1. The number of nitriles is 1. The third kappa shape index (κ3) is 2.87. The van der Waals surface area contributed by atoms with Gasteiger partial charge in [-0.25, -0.2) is 0 Å². The Morgan fingerprint density at radius 3 is 3.00 bits per heavy atom. The molecule has 0 amide bonds. The van der Waals surface area contributed by atoms with Crippen molar-refractivity contribution >= 4 is 15.9 Å². The first-order chi connectivity index (χ1) is 8.72. The molecule has 2 rings (SSSR count). The van der Waals surface area contributed by atoms with Crippen LogP contribution in [0.5, 0.6) is 5.75 Å². The first-order valence-corrected chi connectivity index (χ1v) is 6.16. The molecule has 0 fully saturated rings. The van der Waals surface area contributed by atoms with Crippen molar-refractivity contribution in [1.82, 2.24) is 10.1 Å². The summed E-state index contributed by atoms with van der Waals surface area (Å²) in [4.78, 5) is 4.12. The van der Waals surface area contributed by atoms with E-state index >= 15 is 0 Å². The van der Waals surface area contributed by atoms with Gasteiger partial charge < -0.3 is 9.26 Å². The molecule has 0 unspecified atom stereocenters. The van der Waals surface area contributed by atoms with Gasteiger partial charge in [-0.1, -0.05) is 28.0 Å². The molecule has 0 aliphatic heterocycles. The SMILES string of the molecule is CCc1noc(COc2ccc(Br)cc2C#N)n1. The molecule has 92 valence electrons. The van der Waals surface area contributed by atoms with Crippen LogP contribution in [0.4, 0.5) is 0 Å². The normalized spacial score (nSPS) is 10.1. The highest BCUT2D eigenvalue weighted by Crippen LogP contribution is 2.23. The van der Waals surface area contributed by atoms with E-state index < -0.39 is 0 Å². The molecule has 2 aromatic rings. The summed E-state index contributed by atoms with van der Waals surface area (Å²) in [6.07, 6.45) is 0.714. The lowest BCUT2D eigenvalue weighted by Crippen LogP contribution is -1.98. The van der Waals surface area contributed by atoms with Gasteiger partial charge >= 0.3 is 0 Å². The van der Waals surface area contributed by atoms with E-state index in [9.17, 15) is 0 Å². The number of nitrogens with zero attached hydrogens (tertiary/aromatic N) is 3. The molecule has 5 nitrogen and oxygen atoms in total. The topological polar surface area (TPSA) is 71.9 Å². The molecule has 0 N–H and O–H groups in total. The fourth-order valence-electron chi connectivity index (χ4n) is 1.35. The maximum atomic E-state index is 8.98. The zero-order chi connectivity index (χ0) is 13.0. The van der Waals surface area contributed by atoms with Crippen LogP contribution < -0.4 is 4.74 Å². The van der Waals surface area contributed by atoms with Crippen LogP contribution >= 0.6 is 15.9 Å². The number of hydrogen-bond acceptors (Lipinski definition) is 5. The lowest BCUT2D eigenvalue weighted by molar-refractivity contribution is 0.242. The molecular formula is C12H10BrN3O2. The molecule has 0 saturated heterocycles. The number of halogens is 1. The Bertz CT molecular complexity index is 589. The molecule has 0 radical (unpaired) electrons. The lowest BCUT2D eigenvalue weighted by Gasteiger charge is -2.05. The molecular weight excluding hydrogens is 298 g/mol. The summed E-state index contributed by atoms with van der Waals surface area (Å²) in [5, 5.41) is 12.7. The minimum Gasteiger partial charge on any atom is -0.482 e. The van der Waals surface area contributed by atoms with Crippen LogP contribution in [0.1, 0.15) is 24.2 Å². The summed E-state index contributed by atoms with van der Waals surface area (Å²) >= 11 is 3.30. The third-order valence-corrected chi connectivity index (χ3v) is 2.73. The fourth-order valence-corrected chi connectivity index (χ4v) is 1.71. The Balaban J connectivity index is 2.08. The standard InChI is InChI=1S/C12H10BrN3O2/c1-2-11-15-12(18-16-11)7-17-10-4-3-9(13)5-8(10)6-14/h3-5H,2,7H2,1H3. The monoisotopic (exact) mass is 307 g/mol. The van der Waals surface area contributed by atoms with E-state index in [1.807, 2.05) is 13.0 Å². The van der Waals surface area contributed by atoms with Crippen molar-refractivity contribution in [1.29, 1.82) is 5.26 Å². The van der Waals surface area contributed by atoms with E-state index in [0.29, 0.717) is 29.4 Å². The molecule has 0 atom stereocenters. The van der Waals surface area contributed by atoms with Crippen molar-refractivity contribution < 1.29 is 9.26 Å². The van der Waals surface area contributed by atoms with Crippen LogP contribution in [0.2, 0.25) is 0 Å². The summed E-state index contributed by atoms with van der Waals surface area (Å²) in [5.41, 5.74) is 0.458. The molecule has 0 saturated carbocycles. The zero-order valence-electron chi connectivity index (χ0n) is 9.68. The molecule has 6 heteroatoms. The summed E-state index contributed by atoms with van der Waals surface area (Å²) in [6, 6.07) is 7.29. The molecule has 1 heterocycles. The van der Waals surface area contributed by atoms with Gasteiger partial charge in [-0.3, -0.25) is 0 Å². The first kappa shape index (κ1) is 12.6. The smallest absolute Gasteiger partial charge is 0.264 e. The number of rotatable bonds is 4. The summed E-state index contributed by atoms with van der Waals surface area (Å²) in [6.45, 7) is 2.10. The van der Waals surface area contributed by atoms with Gasteiger partial charge in [-0.2, -0.15) is 10.2 Å². The zero-order valence-corrected chi connectivity index (χ0v) is 11.3. The van der Waals surface area contributed by atoms with Gasteiger partial charge in [0.05, 0.1) is 5.56 Å². The molecule has 0 bridgehead atoms. The van der Waals surface area contributed by atoms with Crippen LogP contribution in [0, 0.1) is 11.3 Å². The fraction of sp³-hybridized carbons (Fsp3) is 0.250. The van der Waals surface area contributed by atoms with Gasteiger partial charge in [0.1, 0.15) is 11.8 Å². The minimum atomic E-state index is 0.156. The van der Waals surface area contributed by atoms with Gasteiger partial charge in [-0.05, 0) is 18.2 Å². The lowest BCUT2D eigenvalue weighted by atomic mass is 10.2. The molecule has 1 aromatic carbocycles. The summed E-state index contributed by atoms with van der Waals surface area (Å²) in [7, 11) is 0. The van der Waals surface area contributed by atoms with Gasteiger partial charge in [0, 0.05) is 10.9 Å². The van der Waals surface area contributed by atoms with E-state index in [1.54, 1.807) is 12.1 Å². The van der Waals surface area contributed by atoms with Crippen molar-refractivity contribution in [3.63, 3.8) is 0 Å². The van der Waals surface area contributed by atoms with Gasteiger partial charge in [-0.15, -0.1) is 0 Å². The highest BCUT2D eigenvalue weighted by molar-refractivity contribution is 9.10. The Morgan fingerprint density at radius 2 is 2.33 bits per heavy atom. The average molecular weight is 308 g/mol. The second kappa shape index (κ2) is 5.65. The van der Waals surface area contributed by atoms with E-state index in [4.69, 9.17) is 14.5 Å². The van der Waals surface area contributed by atoms with Crippen LogP contribution in [0.15, 0.2) is 27.2 Å². The van der Waals surface area contributed by atoms with Gasteiger partial charge in [0.25, 0.3) is 5.89 Å². The highest BCUT2D eigenvalue weighted by atomic mass is 79.9. The van der Waals surface area contributed by atoms with E-state index in [2.05, 4.69) is 32.1 Å². The summed E-state index contributed by atoms with van der Waals surface area (Å²) in [5.74, 6) is 1.54.